The summed E-state index contributed by atoms with van der Waals surface area (Å²) in [5.74, 6) is -0.284. The second-order valence-electron chi connectivity index (χ2n) is 5.14. The van der Waals surface area contributed by atoms with Gasteiger partial charge in [-0.25, -0.2) is 12.7 Å². The molecule has 1 aliphatic heterocycles. The second-order valence-corrected chi connectivity index (χ2v) is 7.56. The molecule has 8 heteroatoms. The quantitative estimate of drug-likeness (QED) is 0.810. The summed E-state index contributed by atoms with van der Waals surface area (Å²) in [5, 5.41) is 3.32. The minimum atomic E-state index is -3.16. The summed E-state index contributed by atoms with van der Waals surface area (Å²) in [5.41, 5.74) is 6.47. The highest BCUT2D eigenvalue weighted by Gasteiger charge is 2.26. The predicted molar refractivity (Wildman–Crippen MR) is 82.8 cm³/mol. The molecule has 0 aliphatic carbocycles. The lowest BCUT2D eigenvalue weighted by Crippen LogP contribution is -2.46. The van der Waals surface area contributed by atoms with Gasteiger partial charge < -0.3 is 11.1 Å². The molecular weight excluding hydrogens is 314 g/mol. The van der Waals surface area contributed by atoms with Crippen LogP contribution in [-0.4, -0.2) is 44.0 Å². The summed E-state index contributed by atoms with van der Waals surface area (Å²) < 4.78 is 24.3. The van der Waals surface area contributed by atoms with Crippen LogP contribution in [-0.2, 0) is 10.0 Å². The number of sulfonamides is 1. The lowest BCUT2D eigenvalue weighted by molar-refractivity contribution is 0.0925. The third-order valence-electron chi connectivity index (χ3n) is 3.52. The van der Waals surface area contributed by atoms with Crippen LogP contribution < -0.4 is 11.1 Å². The van der Waals surface area contributed by atoms with Gasteiger partial charge in [0.1, 0.15) is 0 Å². The van der Waals surface area contributed by atoms with Crippen LogP contribution in [0, 0.1) is 0 Å². The van der Waals surface area contributed by atoms with Crippen LogP contribution in [0.5, 0.6) is 0 Å². The summed E-state index contributed by atoms with van der Waals surface area (Å²) in [6, 6.07) is 4.67. The zero-order valence-electron chi connectivity index (χ0n) is 11.7. The molecule has 0 atom stereocenters. The van der Waals surface area contributed by atoms with E-state index in [1.165, 1.54) is 16.6 Å². The van der Waals surface area contributed by atoms with Crippen molar-refractivity contribution >= 4 is 33.2 Å². The summed E-state index contributed by atoms with van der Waals surface area (Å²) >= 11 is 5.86. The van der Waals surface area contributed by atoms with Crippen molar-refractivity contribution in [2.75, 3.05) is 25.1 Å². The maximum Gasteiger partial charge on any atom is 0.253 e. The number of nitrogen functional groups attached to an aromatic ring is 1. The van der Waals surface area contributed by atoms with E-state index in [9.17, 15) is 13.2 Å². The molecule has 1 aromatic rings. The third kappa shape index (κ3) is 4.09. The van der Waals surface area contributed by atoms with Crippen molar-refractivity contribution in [1.29, 1.82) is 0 Å². The van der Waals surface area contributed by atoms with E-state index in [1.807, 2.05) is 0 Å². The largest absolute Gasteiger partial charge is 0.398 e. The lowest BCUT2D eigenvalue weighted by Gasteiger charge is -2.30. The number of hydrogen-bond donors (Lipinski definition) is 2. The second kappa shape index (κ2) is 6.21. The number of anilines is 1. The zero-order valence-corrected chi connectivity index (χ0v) is 13.2. The van der Waals surface area contributed by atoms with Gasteiger partial charge in [0, 0.05) is 29.8 Å². The minimum absolute atomic E-state index is 0.0612. The normalized spacial score (nSPS) is 17.6. The van der Waals surface area contributed by atoms with Gasteiger partial charge in [0.05, 0.1) is 11.8 Å². The average molecular weight is 332 g/mol. The number of benzene rings is 1. The summed E-state index contributed by atoms with van der Waals surface area (Å²) in [4.78, 5) is 12.2. The van der Waals surface area contributed by atoms with Crippen molar-refractivity contribution in [3.05, 3.63) is 28.8 Å². The lowest BCUT2D eigenvalue weighted by atomic mass is 10.1. The van der Waals surface area contributed by atoms with Crippen LogP contribution in [0.15, 0.2) is 18.2 Å². The van der Waals surface area contributed by atoms with Crippen LogP contribution in [0.1, 0.15) is 23.2 Å². The number of halogens is 1. The van der Waals surface area contributed by atoms with Crippen molar-refractivity contribution in [3.8, 4) is 0 Å². The molecular formula is C13H18ClN3O3S. The van der Waals surface area contributed by atoms with E-state index in [0.717, 1.165) is 0 Å². The number of carbonyl (C=O) groups excluding carboxylic acids is 1. The van der Waals surface area contributed by atoms with E-state index in [0.29, 0.717) is 42.2 Å². The van der Waals surface area contributed by atoms with Crippen LogP contribution in [0.25, 0.3) is 0 Å². The fourth-order valence-electron chi connectivity index (χ4n) is 2.32. The topological polar surface area (TPSA) is 92.5 Å². The molecule has 1 saturated heterocycles. The predicted octanol–water partition coefficient (Wildman–Crippen LogP) is 1.08. The van der Waals surface area contributed by atoms with Gasteiger partial charge in [0.15, 0.2) is 0 Å². The highest BCUT2D eigenvalue weighted by molar-refractivity contribution is 7.88. The van der Waals surface area contributed by atoms with Gasteiger partial charge in [-0.05, 0) is 31.0 Å². The third-order valence-corrected chi connectivity index (χ3v) is 5.06. The number of rotatable bonds is 3. The van der Waals surface area contributed by atoms with E-state index in [1.54, 1.807) is 12.1 Å². The Bertz CT molecular complexity index is 640. The smallest absolute Gasteiger partial charge is 0.253 e. The molecule has 21 heavy (non-hydrogen) atoms. The first kappa shape index (κ1) is 16.1. The molecule has 0 bridgehead atoms. The van der Waals surface area contributed by atoms with Gasteiger partial charge in [0.2, 0.25) is 10.0 Å². The monoisotopic (exact) mass is 331 g/mol. The molecule has 6 nitrogen and oxygen atoms in total. The van der Waals surface area contributed by atoms with Crippen LogP contribution in [0.2, 0.25) is 5.02 Å². The first-order valence-electron chi connectivity index (χ1n) is 6.58. The minimum Gasteiger partial charge on any atom is -0.398 e. The summed E-state index contributed by atoms with van der Waals surface area (Å²) in [6.45, 7) is 0.823. The highest BCUT2D eigenvalue weighted by Crippen LogP contribution is 2.19. The standard InChI is InChI=1S/C13H18ClN3O3S/c1-21(19,20)17-6-4-10(5-7-17)16-13(18)11-8-9(14)2-3-12(11)15/h2-3,8,10H,4-7,15H2,1H3,(H,16,18). The van der Waals surface area contributed by atoms with Crippen LogP contribution in [0.4, 0.5) is 5.69 Å². The number of carbonyl (C=O) groups is 1. The first-order valence-corrected chi connectivity index (χ1v) is 8.81. The maximum atomic E-state index is 12.2. The van der Waals surface area contributed by atoms with Gasteiger partial charge in [0.25, 0.3) is 5.91 Å². The number of nitrogens with one attached hydrogen (secondary N) is 1. The summed E-state index contributed by atoms with van der Waals surface area (Å²) in [6.07, 6.45) is 2.36. The highest BCUT2D eigenvalue weighted by atomic mass is 35.5. The van der Waals surface area contributed by atoms with Gasteiger partial charge in [-0.2, -0.15) is 0 Å². The van der Waals surface area contributed by atoms with Crippen molar-refractivity contribution in [1.82, 2.24) is 9.62 Å². The Morgan fingerprint density at radius 1 is 1.38 bits per heavy atom. The SMILES string of the molecule is CS(=O)(=O)N1CCC(NC(=O)c2cc(Cl)ccc2N)CC1. The molecule has 0 unspecified atom stereocenters. The number of nitrogens with zero attached hydrogens (tertiary/aromatic N) is 1. The van der Waals surface area contributed by atoms with Gasteiger partial charge in [-0.15, -0.1) is 0 Å². The average Bonchev–Trinajstić information content (AvgIpc) is 2.41. The van der Waals surface area contributed by atoms with E-state index >= 15 is 0 Å². The fourth-order valence-corrected chi connectivity index (χ4v) is 3.37. The van der Waals surface area contributed by atoms with Gasteiger partial charge in [-0.1, -0.05) is 11.6 Å². The van der Waals surface area contributed by atoms with Crippen molar-refractivity contribution in [2.24, 2.45) is 0 Å². The Morgan fingerprint density at radius 3 is 2.57 bits per heavy atom. The van der Waals surface area contributed by atoms with Crippen LogP contribution in [0.3, 0.4) is 0 Å². The van der Waals surface area contributed by atoms with Crippen molar-refractivity contribution in [2.45, 2.75) is 18.9 Å². The Balaban J connectivity index is 1.97. The molecule has 1 amide bonds. The maximum absolute atomic E-state index is 12.2. The Hall–Kier alpha value is -1.31. The van der Waals surface area contributed by atoms with E-state index in [4.69, 9.17) is 17.3 Å². The number of piperidine rings is 1. The molecule has 1 aliphatic rings. The molecule has 3 N–H and O–H groups in total. The molecule has 2 rings (SSSR count). The van der Waals surface area contributed by atoms with E-state index < -0.39 is 10.0 Å². The van der Waals surface area contributed by atoms with Crippen molar-refractivity contribution in [3.63, 3.8) is 0 Å². The number of amides is 1. The molecule has 1 fully saturated rings. The number of hydrogen-bond acceptors (Lipinski definition) is 4. The fraction of sp³-hybridized carbons (Fsp3) is 0.462. The van der Waals surface area contributed by atoms with Gasteiger partial charge >= 0.3 is 0 Å². The Kier molecular flexibility index (Phi) is 4.75. The zero-order chi connectivity index (χ0) is 15.6. The molecule has 0 spiro atoms. The van der Waals surface area contributed by atoms with Gasteiger partial charge in [-0.3, -0.25) is 4.79 Å². The van der Waals surface area contributed by atoms with E-state index in [2.05, 4.69) is 5.32 Å². The summed E-state index contributed by atoms with van der Waals surface area (Å²) in [7, 11) is -3.16. The first-order chi connectivity index (χ1) is 9.77. The van der Waals surface area contributed by atoms with E-state index in [-0.39, 0.29) is 11.9 Å². The molecule has 0 saturated carbocycles. The van der Waals surface area contributed by atoms with Crippen molar-refractivity contribution < 1.29 is 13.2 Å². The van der Waals surface area contributed by atoms with Crippen LogP contribution >= 0.6 is 11.6 Å². The molecule has 0 aromatic heterocycles. The Morgan fingerprint density at radius 2 is 2.00 bits per heavy atom. The molecule has 1 aromatic carbocycles. The molecule has 116 valence electrons. The Labute approximate surface area is 129 Å². The number of nitrogens with two attached hydrogens (primary N) is 1. The molecule has 1 heterocycles. The molecule has 0 radical (unpaired) electrons.